The molecule has 0 saturated carbocycles. The number of hydrogen-bond donors (Lipinski definition) is 0. The van der Waals surface area contributed by atoms with E-state index in [-0.39, 0.29) is 5.91 Å². The Balaban J connectivity index is 1.56. The Morgan fingerprint density at radius 3 is 2.63 bits per heavy atom. The van der Waals surface area contributed by atoms with Crippen LogP contribution in [0.3, 0.4) is 0 Å². The third-order valence-corrected chi connectivity index (χ3v) is 4.36. The highest BCUT2D eigenvalue weighted by molar-refractivity contribution is 5.76. The molecule has 0 bridgehead atoms. The van der Waals surface area contributed by atoms with Gasteiger partial charge in [0.2, 0.25) is 17.6 Å². The third kappa shape index (κ3) is 4.73. The van der Waals surface area contributed by atoms with Gasteiger partial charge in [0, 0.05) is 37.6 Å². The summed E-state index contributed by atoms with van der Waals surface area (Å²) in [6.07, 6.45) is 0.717. The van der Waals surface area contributed by atoms with Crippen LogP contribution in [0.15, 0.2) is 53.1 Å². The van der Waals surface area contributed by atoms with Crippen LogP contribution in [-0.4, -0.2) is 35.1 Å². The first-order valence-electron chi connectivity index (χ1n) is 8.82. The van der Waals surface area contributed by atoms with E-state index in [2.05, 4.69) is 10.1 Å². The van der Waals surface area contributed by atoms with Gasteiger partial charge in [0.15, 0.2) is 0 Å². The van der Waals surface area contributed by atoms with Crippen molar-refractivity contribution in [2.75, 3.05) is 14.2 Å². The Morgan fingerprint density at radius 2 is 1.89 bits per heavy atom. The second kappa shape index (κ2) is 8.49. The van der Waals surface area contributed by atoms with Gasteiger partial charge in [-0.2, -0.15) is 4.98 Å². The topological polar surface area (TPSA) is 68.5 Å². The van der Waals surface area contributed by atoms with Crippen molar-refractivity contribution in [2.24, 2.45) is 0 Å². The van der Waals surface area contributed by atoms with Crippen LogP contribution in [0, 0.1) is 6.92 Å². The van der Waals surface area contributed by atoms with Gasteiger partial charge in [-0.3, -0.25) is 4.79 Å². The molecule has 0 N–H and O–H groups in total. The molecule has 1 amide bonds. The number of hydrogen-bond acceptors (Lipinski definition) is 5. The molecule has 0 spiro atoms. The largest absolute Gasteiger partial charge is 0.496 e. The van der Waals surface area contributed by atoms with Crippen LogP contribution in [0.2, 0.25) is 0 Å². The predicted octanol–water partition coefficient (Wildman–Crippen LogP) is 3.64. The molecule has 0 unspecified atom stereocenters. The number of carbonyl (C=O) groups is 1. The van der Waals surface area contributed by atoms with Gasteiger partial charge in [-0.1, -0.05) is 53.2 Å². The molecule has 0 atom stereocenters. The summed E-state index contributed by atoms with van der Waals surface area (Å²) in [7, 11) is 3.40. The molecule has 140 valence electrons. The van der Waals surface area contributed by atoms with E-state index < -0.39 is 0 Å². The van der Waals surface area contributed by atoms with E-state index in [1.165, 1.54) is 5.56 Å². The van der Waals surface area contributed by atoms with E-state index in [0.717, 1.165) is 16.9 Å². The number of ether oxygens (including phenoxy) is 1. The lowest BCUT2D eigenvalue weighted by Crippen LogP contribution is -2.26. The molecular weight excluding hydrogens is 342 g/mol. The average molecular weight is 365 g/mol. The van der Waals surface area contributed by atoms with E-state index in [1.54, 1.807) is 19.1 Å². The Hall–Kier alpha value is -3.15. The molecule has 0 fully saturated rings. The van der Waals surface area contributed by atoms with Crippen molar-refractivity contribution in [3.8, 4) is 17.1 Å². The van der Waals surface area contributed by atoms with Crippen molar-refractivity contribution in [1.29, 1.82) is 0 Å². The zero-order valence-electron chi connectivity index (χ0n) is 15.8. The van der Waals surface area contributed by atoms with Crippen LogP contribution in [0.5, 0.6) is 5.75 Å². The Labute approximate surface area is 158 Å². The predicted molar refractivity (Wildman–Crippen MR) is 102 cm³/mol. The Bertz CT molecular complexity index is 903. The molecule has 0 saturated heterocycles. The fourth-order valence-electron chi connectivity index (χ4n) is 2.76. The second-order valence-corrected chi connectivity index (χ2v) is 6.44. The number of carbonyl (C=O) groups excluding carboxylic acids is 1. The van der Waals surface area contributed by atoms with Crippen molar-refractivity contribution in [3.05, 3.63) is 65.5 Å². The zero-order chi connectivity index (χ0) is 19.2. The maximum absolute atomic E-state index is 12.4. The van der Waals surface area contributed by atoms with E-state index >= 15 is 0 Å². The van der Waals surface area contributed by atoms with Gasteiger partial charge in [-0.05, 0) is 13.0 Å². The summed E-state index contributed by atoms with van der Waals surface area (Å²) in [5, 5.41) is 4.00. The second-order valence-electron chi connectivity index (χ2n) is 6.44. The zero-order valence-corrected chi connectivity index (χ0v) is 15.8. The lowest BCUT2D eigenvalue weighted by molar-refractivity contribution is -0.130. The highest BCUT2D eigenvalue weighted by Gasteiger charge is 2.15. The number of aryl methyl sites for hydroxylation is 2. The monoisotopic (exact) mass is 365 g/mol. The molecule has 6 heteroatoms. The molecule has 1 heterocycles. The van der Waals surface area contributed by atoms with E-state index in [0.29, 0.717) is 31.1 Å². The van der Waals surface area contributed by atoms with Gasteiger partial charge in [0.05, 0.1) is 7.11 Å². The highest BCUT2D eigenvalue weighted by Crippen LogP contribution is 2.20. The summed E-state index contributed by atoms with van der Waals surface area (Å²) in [6.45, 7) is 2.51. The quantitative estimate of drug-likeness (QED) is 0.639. The number of aromatic nitrogens is 2. The van der Waals surface area contributed by atoms with Crippen molar-refractivity contribution < 1.29 is 14.1 Å². The smallest absolute Gasteiger partial charge is 0.227 e. The number of methoxy groups -OCH3 is 1. The van der Waals surface area contributed by atoms with Crippen LogP contribution >= 0.6 is 0 Å². The summed E-state index contributed by atoms with van der Waals surface area (Å²) in [5.74, 6) is 1.79. The Morgan fingerprint density at radius 1 is 1.15 bits per heavy atom. The van der Waals surface area contributed by atoms with Gasteiger partial charge < -0.3 is 14.2 Å². The maximum Gasteiger partial charge on any atom is 0.227 e. The number of amides is 1. The van der Waals surface area contributed by atoms with Crippen LogP contribution in [-0.2, 0) is 17.8 Å². The van der Waals surface area contributed by atoms with Crippen LogP contribution < -0.4 is 4.74 Å². The van der Waals surface area contributed by atoms with Gasteiger partial charge in [-0.15, -0.1) is 0 Å². The van der Waals surface area contributed by atoms with Gasteiger partial charge in [-0.25, -0.2) is 0 Å². The molecule has 27 heavy (non-hydrogen) atoms. The molecule has 1 aromatic heterocycles. The van der Waals surface area contributed by atoms with Crippen LogP contribution in [0.25, 0.3) is 11.4 Å². The lowest BCUT2D eigenvalue weighted by atomic mass is 10.1. The lowest BCUT2D eigenvalue weighted by Gasteiger charge is -2.18. The molecule has 0 radical (unpaired) electrons. The van der Waals surface area contributed by atoms with Crippen molar-refractivity contribution in [3.63, 3.8) is 0 Å². The standard InChI is InChI=1S/C21H23N3O3/c1-15-8-10-16(11-9-15)21-22-19(27-23-21)12-13-20(25)24(2)14-17-6-4-5-7-18(17)26-3/h4-11H,12-14H2,1-3H3. The van der Waals surface area contributed by atoms with Crippen molar-refractivity contribution in [1.82, 2.24) is 15.0 Å². The molecule has 3 rings (SSSR count). The normalized spacial score (nSPS) is 10.6. The first kappa shape index (κ1) is 18.6. The van der Waals surface area contributed by atoms with Crippen LogP contribution in [0.4, 0.5) is 0 Å². The average Bonchev–Trinajstić information content (AvgIpc) is 3.16. The summed E-state index contributed by atoms with van der Waals surface area (Å²) in [5.41, 5.74) is 3.04. The third-order valence-electron chi connectivity index (χ3n) is 4.36. The minimum absolute atomic E-state index is 0.0102. The minimum atomic E-state index is 0.0102. The summed E-state index contributed by atoms with van der Waals surface area (Å²) in [6, 6.07) is 15.6. The molecule has 0 aliphatic heterocycles. The highest BCUT2D eigenvalue weighted by atomic mass is 16.5. The van der Waals surface area contributed by atoms with E-state index in [1.807, 2.05) is 55.5 Å². The first-order chi connectivity index (χ1) is 13.1. The summed E-state index contributed by atoms with van der Waals surface area (Å²) in [4.78, 5) is 18.5. The van der Waals surface area contributed by atoms with Gasteiger partial charge in [0.1, 0.15) is 5.75 Å². The molecule has 3 aromatic rings. The van der Waals surface area contributed by atoms with E-state index in [4.69, 9.17) is 9.26 Å². The van der Waals surface area contributed by atoms with Crippen molar-refractivity contribution >= 4 is 5.91 Å². The molecule has 0 aliphatic rings. The summed E-state index contributed by atoms with van der Waals surface area (Å²) >= 11 is 0. The fraction of sp³-hybridized carbons (Fsp3) is 0.286. The number of nitrogens with zero attached hydrogens (tertiary/aromatic N) is 3. The van der Waals surface area contributed by atoms with E-state index in [9.17, 15) is 4.79 Å². The van der Waals surface area contributed by atoms with Crippen LogP contribution in [0.1, 0.15) is 23.4 Å². The molecule has 6 nitrogen and oxygen atoms in total. The first-order valence-corrected chi connectivity index (χ1v) is 8.82. The number of para-hydroxylation sites is 1. The maximum atomic E-state index is 12.4. The SMILES string of the molecule is COc1ccccc1CN(C)C(=O)CCc1nc(-c2ccc(C)cc2)no1. The molecule has 2 aromatic carbocycles. The minimum Gasteiger partial charge on any atom is -0.496 e. The van der Waals surface area contributed by atoms with Crippen molar-refractivity contribution in [2.45, 2.75) is 26.3 Å². The number of rotatable bonds is 7. The molecular formula is C21H23N3O3. The summed E-state index contributed by atoms with van der Waals surface area (Å²) < 4.78 is 10.6. The fourth-order valence-corrected chi connectivity index (χ4v) is 2.76. The number of benzene rings is 2. The molecule has 0 aliphatic carbocycles. The van der Waals surface area contributed by atoms with Gasteiger partial charge >= 0.3 is 0 Å². The van der Waals surface area contributed by atoms with Gasteiger partial charge in [0.25, 0.3) is 0 Å². The Kier molecular flexibility index (Phi) is 5.86.